The van der Waals surface area contributed by atoms with Crippen molar-refractivity contribution in [1.29, 1.82) is 0 Å². The summed E-state index contributed by atoms with van der Waals surface area (Å²) in [5.74, 6) is 0. The molecule has 0 aliphatic rings. The number of fused-ring (bicyclic) bond motifs is 1. The molecule has 0 aliphatic heterocycles. The molecule has 3 rings (SSSR count). The van der Waals surface area contributed by atoms with Gasteiger partial charge in [0.2, 0.25) is 10.0 Å². The molecule has 114 valence electrons. The summed E-state index contributed by atoms with van der Waals surface area (Å²) in [6.45, 7) is 1.78. The van der Waals surface area contributed by atoms with Gasteiger partial charge in [0.05, 0.1) is 11.7 Å². The largest absolute Gasteiger partial charge is 0.275 e. The van der Waals surface area contributed by atoms with Gasteiger partial charge in [-0.05, 0) is 19.1 Å². The Labute approximate surface area is 128 Å². The highest BCUT2D eigenvalue weighted by atomic mass is 32.2. The summed E-state index contributed by atoms with van der Waals surface area (Å²) in [6, 6.07) is 8.36. The highest BCUT2D eigenvalue weighted by molar-refractivity contribution is 7.89. The van der Waals surface area contributed by atoms with Gasteiger partial charge in [0.25, 0.3) is 0 Å². The topological polar surface area (TPSA) is 76.9 Å². The number of hydrogen-bond acceptors (Lipinski definition) is 4. The molecule has 3 aromatic rings. The van der Waals surface area contributed by atoms with Gasteiger partial charge in [-0.25, -0.2) is 13.1 Å². The standard InChI is InChI=1S/C15H16N4O2S/c1-11(13-9-17-19(2)10-13)18-22(20,21)14-7-3-5-12-6-4-8-16-15(12)14/h3-11,18H,1-2H3/t11-/m0/s1. The number of pyridine rings is 1. The van der Waals surface area contributed by atoms with Gasteiger partial charge in [0, 0.05) is 36.4 Å². The van der Waals surface area contributed by atoms with Gasteiger partial charge in [-0.2, -0.15) is 5.10 Å². The maximum Gasteiger partial charge on any atom is 0.243 e. The van der Waals surface area contributed by atoms with Crippen LogP contribution in [0.5, 0.6) is 0 Å². The van der Waals surface area contributed by atoms with E-state index in [9.17, 15) is 8.42 Å². The van der Waals surface area contributed by atoms with E-state index in [1.54, 1.807) is 55.4 Å². The van der Waals surface area contributed by atoms with E-state index in [1.165, 1.54) is 0 Å². The summed E-state index contributed by atoms with van der Waals surface area (Å²) in [5.41, 5.74) is 1.27. The van der Waals surface area contributed by atoms with Crippen LogP contribution in [0.2, 0.25) is 0 Å². The summed E-state index contributed by atoms with van der Waals surface area (Å²) in [5, 5.41) is 4.85. The van der Waals surface area contributed by atoms with Crippen molar-refractivity contribution < 1.29 is 8.42 Å². The Hall–Kier alpha value is -2.25. The van der Waals surface area contributed by atoms with Crippen molar-refractivity contribution in [3.63, 3.8) is 0 Å². The fraction of sp³-hybridized carbons (Fsp3) is 0.200. The molecule has 0 saturated heterocycles. The quantitative estimate of drug-likeness (QED) is 0.799. The number of benzene rings is 1. The number of sulfonamides is 1. The molecule has 0 bridgehead atoms. The van der Waals surface area contributed by atoms with Crippen molar-refractivity contribution in [2.75, 3.05) is 0 Å². The van der Waals surface area contributed by atoms with E-state index in [0.29, 0.717) is 5.52 Å². The Morgan fingerprint density at radius 1 is 1.23 bits per heavy atom. The predicted octanol–water partition coefficient (Wildman–Crippen LogP) is 2.01. The fourth-order valence-electron chi connectivity index (χ4n) is 2.32. The molecule has 0 amide bonds. The van der Waals surface area contributed by atoms with Gasteiger partial charge in [0.15, 0.2) is 0 Å². The Kier molecular flexibility index (Phi) is 3.67. The van der Waals surface area contributed by atoms with E-state index in [4.69, 9.17) is 0 Å². The Bertz CT molecular complexity index is 913. The molecule has 6 nitrogen and oxygen atoms in total. The number of nitrogens with one attached hydrogen (secondary N) is 1. The second-order valence-electron chi connectivity index (χ2n) is 5.12. The van der Waals surface area contributed by atoms with Gasteiger partial charge < -0.3 is 0 Å². The van der Waals surface area contributed by atoms with Crippen molar-refractivity contribution in [3.05, 3.63) is 54.5 Å². The molecule has 1 atom stereocenters. The summed E-state index contributed by atoms with van der Waals surface area (Å²) in [6.07, 6.45) is 5.02. The monoisotopic (exact) mass is 316 g/mol. The van der Waals surface area contributed by atoms with Gasteiger partial charge in [-0.15, -0.1) is 0 Å². The van der Waals surface area contributed by atoms with Crippen LogP contribution in [0.15, 0.2) is 53.8 Å². The molecular weight excluding hydrogens is 300 g/mol. The minimum absolute atomic E-state index is 0.182. The molecular formula is C15H16N4O2S. The Balaban J connectivity index is 1.98. The van der Waals surface area contributed by atoms with Crippen molar-refractivity contribution in [1.82, 2.24) is 19.5 Å². The number of para-hydroxylation sites is 1. The summed E-state index contributed by atoms with van der Waals surface area (Å²) in [7, 11) is -1.88. The summed E-state index contributed by atoms with van der Waals surface area (Å²) in [4.78, 5) is 4.38. The molecule has 0 saturated carbocycles. The first-order valence-electron chi connectivity index (χ1n) is 6.82. The lowest BCUT2D eigenvalue weighted by molar-refractivity contribution is 0.567. The SMILES string of the molecule is C[C@H](NS(=O)(=O)c1cccc2cccnc12)c1cnn(C)c1. The summed E-state index contributed by atoms with van der Waals surface area (Å²) >= 11 is 0. The molecule has 1 N–H and O–H groups in total. The molecule has 22 heavy (non-hydrogen) atoms. The van der Waals surface area contributed by atoms with Crippen LogP contribution in [0.1, 0.15) is 18.5 Å². The number of nitrogens with zero attached hydrogens (tertiary/aromatic N) is 3. The maximum absolute atomic E-state index is 12.7. The van der Waals surface area contributed by atoms with Crippen LogP contribution >= 0.6 is 0 Å². The van der Waals surface area contributed by atoms with Crippen LogP contribution in [-0.2, 0) is 17.1 Å². The molecule has 2 aromatic heterocycles. The number of hydrogen-bond donors (Lipinski definition) is 1. The van der Waals surface area contributed by atoms with E-state index in [1.807, 2.05) is 12.1 Å². The summed E-state index contributed by atoms with van der Waals surface area (Å²) < 4.78 is 29.6. The third-order valence-corrected chi connectivity index (χ3v) is 5.01. The third kappa shape index (κ3) is 2.72. The van der Waals surface area contributed by atoms with Crippen LogP contribution in [0, 0.1) is 0 Å². The fourth-order valence-corrected chi connectivity index (χ4v) is 3.73. The maximum atomic E-state index is 12.7. The molecule has 0 fully saturated rings. The molecule has 7 heteroatoms. The zero-order chi connectivity index (χ0) is 15.7. The molecule has 0 radical (unpaired) electrons. The second kappa shape index (κ2) is 5.51. The molecule has 0 aliphatic carbocycles. The van der Waals surface area contributed by atoms with Crippen molar-refractivity contribution >= 4 is 20.9 Å². The zero-order valence-electron chi connectivity index (χ0n) is 12.3. The van der Waals surface area contributed by atoms with Crippen LogP contribution in [0.3, 0.4) is 0 Å². The highest BCUT2D eigenvalue weighted by Gasteiger charge is 2.21. The third-order valence-electron chi connectivity index (χ3n) is 3.44. The van der Waals surface area contributed by atoms with E-state index >= 15 is 0 Å². The van der Waals surface area contributed by atoms with Crippen LogP contribution in [-0.4, -0.2) is 23.2 Å². The van der Waals surface area contributed by atoms with Gasteiger partial charge >= 0.3 is 0 Å². The first kappa shape index (κ1) is 14.7. The average Bonchev–Trinajstić information content (AvgIpc) is 2.93. The molecule has 0 unspecified atom stereocenters. The Morgan fingerprint density at radius 2 is 2.00 bits per heavy atom. The van der Waals surface area contributed by atoms with Crippen LogP contribution in [0.25, 0.3) is 10.9 Å². The van der Waals surface area contributed by atoms with Crippen molar-refractivity contribution in [3.8, 4) is 0 Å². The minimum Gasteiger partial charge on any atom is -0.275 e. The minimum atomic E-state index is -3.67. The van der Waals surface area contributed by atoms with Crippen molar-refractivity contribution in [2.45, 2.75) is 17.9 Å². The lowest BCUT2D eigenvalue weighted by Crippen LogP contribution is -2.27. The Morgan fingerprint density at radius 3 is 2.73 bits per heavy atom. The first-order valence-corrected chi connectivity index (χ1v) is 8.30. The molecule has 0 spiro atoms. The lowest BCUT2D eigenvalue weighted by atomic mass is 10.2. The van der Waals surface area contributed by atoms with Crippen LogP contribution < -0.4 is 4.72 Å². The lowest BCUT2D eigenvalue weighted by Gasteiger charge is -2.13. The van der Waals surface area contributed by atoms with E-state index in [-0.39, 0.29) is 10.9 Å². The molecule has 2 heterocycles. The smallest absolute Gasteiger partial charge is 0.243 e. The predicted molar refractivity (Wildman–Crippen MR) is 83.7 cm³/mol. The van der Waals surface area contributed by atoms with Crippen LogP contribution in [0.4, 0.5) is 0 Å². The normalized spacial score (nSPS) is 13.4. The van der Waals surface area contributed by atoms with E-state index < -0.39 is 10.0 Å². The van der Waals surface area contributed by atoms with E-state index in [2.05, 4.69) is 14.8 Å². The zero-order valence-corrected chi connectivity index (χ0v) is 13.1. The average molecular weight is 316 g/mol. The van der Waals surface area contributed by atoms with Gasteiger partial charge in [-0.1, -0.05) is 18.2 Å². The number of aryl methyl sites for hydroxylation is 1. The van der Waals surface area contributed by atoms with Crippen molar-refractivity contribution in [2.24, 2.45) is 7.05 Å². The molecule has 1 aromatic carbocycles. The first-order chi connectivity index (χ1) is 10.5. The van der Waals surface area contributed by atoms with E-state index in [0.717, 1.165) is 10.9 Å². The number of rotatable bonds is 4. The van der Waals surface area contributed by atoms with Gasteiger partial charge in [0.1, 0.15) is 4.90 Å². The van der Waals surface area contributed by atoms with Gasteiger partial charge in [-0.3, -0.25) is 9.67 Å². The second-order valence-corrected chi connectivity index (χ2v) is 6.80. The highest BCUT2D eigenvalue weighted by Crippen LogP contribution is 2.22. The number of aromatic nitrogens is 3.